The van der Waals surface area contributed by atoms with Gasteiger partial charge in [0.1, 0.15) is 0 Å². The van der Waals surface area contributed by atoms with Crippen molar-refractivity contribution in [3.05, 3.63) is 71.3 Å². The predicted molar refractivity (Wildman–Crippen MR) is 105 cm³/mol. The Bertz CT molecular complexity index is 604. The third-order valence-electron chi connectivity index (χ3n) is 4.09. The fraction of sp³-hybridized carbons (Fsp3) is 0.400. The Balaban J connectivity index is 2.54. The molecule has 118 valence electrons. The predicted octanol–water partition coefficient (Wildman–Crippen LogP) is 6.12. The lowest BCUT2D eigenvalue weighted by Crippen LogP contribution is -2.33. The second-order valence-electron chi connectivity index (χ2n) is 8.65. The molecule has 2 heteroatoms. The molecule has 0 spiro atoms. The summed E-state index contributed by atoms with van der Waals surface area (Å²) in [6.45, 7) is 14.9. The molecule has 0 heterocycles. The molecule has 2 aromatic rings. The van der Waals surface area contributed by atoms with Crippen molar-refractivity contribution in [1.82, 2.24) is 0 Å². The van der Waals surface area contributed by atoms with Gasteiger partial charge in [-0.05, 0) is 22.7 Å². The first kappa shape index (κ1) is 17.2. The van der Waals surface area contributed by atoms with Crippen LogP contribution in [0, 0.1) is 0 Å². The zero-order chi connectivity index (χ0) is 16.4. The van der Waals surface area contributed by atoms with E-state index in [1.165, 1.54) is 11.6 Å². The van der Waals surface area contributed by atoms with Crippen LogP contribution in [0.5, 0.6) is 0 Å². The molecular formula is C20H30Si2. The molecule has 0 aliphatic carbocycles. The van der Waals surface area contributed by atoms with Gasteiger partial charge < -0.3 is 0 Å². The normalized spacial score (nSPS) is 13.9. The first-order chi connectivity index (χ1) is 10.2. The van der Waals surface area contributed by atoms with Crippen molar-refractivity contribution in [2.24, 2.45) is 0 Å². The first-order valence-corrected chi connectivity index (χ1v) is 15.6. The summed E-state index contributed by atoms with van der Waals surface area (Å²) in [7, 11) is -2.48. The van der Waals surface area contributed by atoms with Gasteiger partial charge in [-0.1, -0.05) is 93.9 Å². The van der Waals surface area contributed by atoms with E-state index in [1.54, 1.807) is 11.1 Å². The molecule has 0 fully saturated rings. The van der Waals surface area contributed by atoms with Gasteiger partial charge in [0.05, 0.1) is 8.07 Å². The van der Waals surface area contributed by atoms with Crippen LogP contribution in [0.25, 0.3) is 0 Å². The number of hydrogen-bond donors (Lipinski definition) is 0. The molecule has 2 aromatic carbocycles. The summed E-state index contributed by atoms with van der Waals surface area (Å²) in [6.07, 6.45) is 0. The van der Waals surface area contributed by atoms with E-state index in [2.05, 4.69) is 93.9 Å². The van der Waals surface area contributed by atoms with Crippen LogP contribution in [0.15, 0.2) is 54.6 Å². The van der Waals surface area contributed by atoms with Gasteiger partial charge in [-0.25, -0.2) is 0 Å². The molecule has 22 heavy (non-hydrogen) atoms. The lowest BCUT2D eigenvalue weighted by Gasteiger charge is -2.32. The highest BCUT2D eigenvalue weighted by molar-refractivity contribution is 6.78. The molecule has 0 saturated carbocycles. The van der Waals surface area contributed by atoms with Crippen LogP contribution < -0.4 is 0 Å². The molecule has 0 amide bonds. The van der Waals surface area contributed by atoms with E-state index in [1.807, 2.05) is 0 Å². The highest BCUT2D eigenvalue weighted by Gasteiger charge is 2.31. The third-order valence-corrected chi connectivity index (χ3v) is 7.90. The minimum absolute atomic E-state index is 0.584. The Labute approximate surface area is 138 Å². The van der Waals surface area contributed by atoms with E-state index in [0.717, 1.165) is 0 Å². The van der Waals surface area contributed by atoms with Gasteiger partial charge in [-0.15, -0.1) is 0 Å². The average Bonchev–Trinajstić information content (AvgIpc) is 2.39. The van der Waals surface area contributed by atoms with E-state index >= 15 is 0 Å². The van der Waals surface area contributed by atoms with Gasteiger partial charge in [0.15, 0.2) is 0 Å². The van der Waals surface area contributed by atoms with Crippen LogP contribution in [0.4, 0.5) is 0 Å². The van der Waals surface area contributed by atoms with E-state index < -0.39 is 16.1 Å². The van der Waals surface area contributed by atoms with E-state index in [9.17, 15) is 0 Å². The molecule has 0 nitrogen and oxygen atoms in total. The Morgan fingerprint density at radius 1 is 0.727 bits per heavy atom. The van der Waals surface area contributed by atoms with Crippen LogP contribution in [-0.4, -0.2) is 16.1 Å². The Morgan fingerprint density at radius 3 is 1.82 bits per heavy atom. The molecule has 0 aliphatic heterocycles. The minimum Gasteiger partial charge on any atom is -0.0693 e. The molecular weight excluding hydrogens is 296 g/mol. The molecule has 1 atom stereocenters. The van der Waals surface area contributed by atoms with Crippen molar-refractivity contribution in [2.75, 3.05) is 0 Å². The quantitative estimate of drug-likeness (QED) is 0.581. The van der Waals surface area contributed by atoms with Crippen molar-refractivity contribution < 1.29 is 0 Å². The zero-order valence-electron chi connectivity index (χ0n) is 15.0. The van der Waals surface area contributed by atoms with E-state index in [4.69, 9.17) is 0 Å². The fourth-order valence-corrected chi connectivity index (χ4v) is 7.21. The molecule has 0 radical (unpaired) electrons. The van der Waals surface area contributed by atoms with Crippen molar-refractivity contribution in [3.8, 4) is 0 Å². The second kappa shape index (κ2) is 6.55. The highest BCUT2D eigenvalue weighted by atomic mass is 28.3. The molecule has 0 bridgehead atoms. The van der Waals surface area contributed by atoms with Gasteiger partial charge >= 0.3 is 0 Å². The van der Waals surface area contributed by atoms with Crippen LogP contribution in [-0.2, 0) is 6.04 Å². The third kappa shape index (κ3) is 4.43. The highest BCUT2D eigenvalue weighted by Crippen LogP contribution is 2.36. The summed E-state index contributed by atoms with van der Waals surface area (Å²) in [5, 5.41) is 0. The van der Waals surface area contributed by atoms with Crippen molar-refractivity contribution >= 4 is 16.1 Å². The maximum absolute atomic E-state index is 2.50. The van der Waals surface area contributed by atoms with Crippen molar-refractivity contribution in [3.63, 3.8) is 0 Å². The summed E-state index contributed by atoms with van der Waals surface area (Å²) in [4.78, 5) is 0. The van der Waals surface area contributed by atoms with Crippen LogP contribution in [0.2, 0.25) is 39.3 Å². The summed E-state index contributed by atoms with van der Waals surface area (Å²) >= 11 is 0. The number of rotatable bonds is 5. The largest absolute Gasteiger partial charge is 0.0693 e. The van der Waals surface area contributed by atoms with E-state index in [-0.39, 0.29) is 0 Å². The molecule has 2 rings (SSSR count). The number of benzene rings is 2. The molecule has 0 aromatic heterocycles. The summed E-state index contributed by atoms with van der Waals surface area (Å²) < 4.78 is 0. The van der Waals surface area contributed by atoms with Gasteiger partial charge in [-0.3, -0.25) is 0 Å². The van der Waals surface area contributed by atoms with Gasteiger partial charge in [-0.2, -0.15) is 0 Å². The Hall–Kier alpha value is -1.13. The minimum atomic E-state index is -1.36. The lowest BCUT2D eigenvalue weighted by molar-refractivity contribution is 1.04. The smallest absolute Gasteiger partial charge is 0.0573 e. The van der Waals surface area contributed by atoms with Crippen LogP contribution in [0.3, 0.4) is 0 Å². The maximum Gasteiger partial charge on any atom is 0.0573 e. The summed E-state index contributed by atoms with van der Waals surface area (Å²) in [5.74, 6) is 0. The van der Waals surface area contributed by atoms with Crippen molar-refractivity contribution in [1.29, 1.82) is 0 Å². The topological polar surface area (TPSA) is 0 Å². The Morgan fingerprint density at radius 2 is 1.27 bits per heavy atom. The SMILES string of the molecule is C[Si](C)(C)Cc1ccccc1C(c1ccccc1)[Si](C)(C)C. The number of hydrogen-bond acceptors (Lipinski definition) is 0. The van der Waals surface area contributed by atoms with Crippen LogP contribution in [0.1, 0.15) is 22.2 Å². The van der Waals surface area contributed by atoms with Gasteiger partial charge in [0.25, 0.3) is 0 Å². The zero-order valence-corrected chi connectivity index (χ0v) is 17.0. The summed E-state index contributed by atoms with van der Waals surface area (Å²) in [5.41, 5.74) is 5.24. The van der Waals surface area contributed by atoms with Gasteiger partial charge in [0, 0.05) is 13.6 Å². The lowest BCUT2D eigenvalue weighted by atomic mass is 10.00. The monoisotopic (exact) mass is 326 g/mol. The Kier molecular flexibility index (Phi) is 5.13. The molecule has 0 aliphatic rings. The standard InChI is InChI=1S/C20H30Si2/c1-21(2,3)16-18-14-10-11-15-19(18)20(22(4,5)6)17-12-8-7-9-13-17/h7-15,20H,16H2,1-6H3. The average molecular weight is 327 g/mol. The molecule has 1 unspecified atom stereocenters. The summed E-state index contributed by atoms with van der Waals surface area (Å²) in [6, 6.07) is 21.6. The molecule has 0 N–H and O–H groups in total. The fourth-order valence-electron chi connectivity index (χ4n) is 3.34. The second-order valence-corrected chi connectivity index (χ2v) is 19.4. The van der Waals surface area contributed by atoms with Gasteiger partial charge in [0.2, 0.25) is 0 Å². The first-order valence-electron chi connectivity index (χ1n) is 8.31. The molecule has 0 saturated heterocycles. The maximum atomic E-state index is 2.50. The van der Waals surface area contributed by atoms with Crippen LogP contribution >= 0.6 is 0 Å². The van der Waals surface area contributed by atoms with E-state index in [0.29, 0.717) is 5.54 Å². The van der Waals surface area contributed by atoms with Crippen molar-refractivity contribution in [2.45, 2.75) is 50.9 Å².